The zero-order valence-corrected chi connectivity index (χ0v) is 16.8. The molecule has 150 valence electrons. The van der Waals surface area contributed by atoms with Crippen LogP contribution in [0.15, 0.2) is 47.4 Å². The number of nitrogens with one attached hydrogen (secondary N) is 1. The van der Waals surface area contributed by atoms with E-state index in [2.05, 4.69) is 5.32 Å². The van der Waals surface area contributed by atoms with Crippen LogP contribution in [0, 0.1) is 11.7 Å². The second-order valence-electron chi connectivity index (χ2n) is 6.50. The minimum atomic E-state index is -3.89. The molecule has 0 unspecified atom stereocenters. The van der Waals surface area contributed by atoms with Crippen molar-refractivity contribution in [2.24, 2.45) is 5.92 Å². The molecule has 1 atom stereocenters. The monoisotopic (exact) mass is 426 g/mol. The Bertz CT molecular complexity index is 984. The molecule has 2 aromatic carbocycles. The van der Waals surface area contributed by atoms with Gasteiger partial charge in [0.25, 0.3) is 0 Å². The van der Waals surface area contributed by atoms with Crippen LogP contribution < -0.4 is 10.1 Å². The van der Waals surface area contributed by atoms with E-state index < -0.39 is 21.8 Å². The SMILES string of the molecule is COc1ccc(Cl)cc1S(=O)(=O)N1CCC[C@@H](C(=O)Nc2cccc(F)c2)C1. The number of carbonyl (C=O) groups excluding carboxylic acids is 1. The van der Waals surface area contributed by atoms with Gasteiger partial charge in [0.1, 0.15) is 16.5 Å². The van der Waals surface area contributed by atoms with Crippen molar-refractivity contribution in [2.45, 2.75) is 17.7 Å². The van der Waals surface area contributed by atoms with E-state index in [0.29, 0.717) is 25.1 Å². The highest BCUT2D eigenvalue weighted by Crippen LogP contribution is 2.32. The smallest absolute Gasteiger partial charge is 0.246 e. The molecule has 3 rings (SSSR count). The number of sulfonamides is 1. The maximum absolute atomic E-state index is 13.3. The largest absolute Gasteiger partial charge is 0.495 e. The summed E-state index contributed by atoms with van der Waals surface area (Å²) in [5.41, 5.74) is 0.335. The van der Waals surface area contributed by atoms with Gasteiger partial charge in [0.2, 0.25) is 15.9 Å². The number of piperidine rings is 1. The van der Waals surface area contributed by atoms with Crippen molar-refractivity contribution in [3.05, 3.63) is 53.3 Å². The Morgan fingerprint density at radius 2 is 2.07 bits per heavy atom. The summed E-state index contributed by atoms with van der Waals surface area (Å²) in [7, 11) is -2.51. The maximum atomic E-state index is 13.3. The number of benzene rings is 2. The number of anilines is 1. The van der Waals surface area contributed by atoms with Crippen LogP contribution in [0.1, 0.15) is 12.8 Å². The number of rotatable bonds is 5. The topological polar surface area (TPSA) is 75.7 Å². The molecule has 1 aliphatic heterocycles. The summed E-state index contributed by atoms with van der Waals surface area (Å²) < 4.78 is 45.9. The standard InChI is InChI=1S/C19H20ClFN2O4S/c1-27-17-8-7-14(20)10-18(17)28(25,26)23-9-3-4-13(12-23)19(24)22-16-6-2-5-15(21)11-16/h2,5-8,10-11,13H,3-4,9,12H2,1H3,(H,22,24)/t13-/m1/s1. The average Bonchev–Trinajstić information content (AvgIpc) is 2.68. The van der Waals surface area contributed by atoms with E-state index in [0.717, 1.165) is 0 Å². The lowest BCUT2D eigenvalue weighted by molar-refractivity contribution is -0.120. The van der Waals surface area contributed by atoms with Gasteiger partial charge in [-0.3, -0.25) is 4.79 Å². The Kier molecular flexibility index (Phi) is 6.22. The van der Waals surface area contributed by atoms with E-state index in [9.17, 15) is 17.6 Å². The van der Waals surface area contributed by atoms with Crippen molar-refractivity contribution < 1.29 is 22.3 Å². The van der Waals surface area contributed by atoms with Gasteiger partial charge in [-0.05, 0) is 49.2 Å². The molecule has 0 aromatic heterocycles. The Morgan fingerprint density at radius 3 is 2.79 bits per heavy atom. The molecular weight excluding hydrogens is 407 g/mol. The van der Waals surface area contributed by atoms with Gasteiger partial charge in [0.15, 0.2) is 0 Å². The van der Waals surface area contributed by atoms with Gasteiger partial charge >= 0.3 is 0 Å². The number of halogens is 2. The second-order valence-corrected chi connectivity index (χ2v) is 8.84. The van der Waals surface area contributed by atoms with Gasteiger partial charge in [-0.2, -0.15) is 4.31 Å². The summed E-state index contributed by atoms with van der Waals surface area (Å²) in [4.78, 5) is 12.5. The van der Waals surface area contributed by atoms with Gasteiger partial charge in [-0.25, -0.2) is 12.8 Å². The number of nitrogens with zero attached hydrogens (tertiary/aromatic N) is 1. The van der Waals surface area contributed by atoms with E-state index in [1.165, 1.54) is 41.7 Å². The predicted molar refractivity (Wildman–Crippen MR) is 105 cm³/mol. The summed E-state index contributed by atoms with van der Waals surface area (Å²) in [6.07, 6.45) is 1.07. The zero-order chi connectivity index (χ0) is 20.3. The van der Waals surface area contributed by atoms with Crippen LogP contribution in [-0.4, -0.2) is 38.8 Å². The molecule has 0 saturated carbocycles. The van der Waals surface area contributed by atoms with Gasteiger partial charge in [0, 0.05) is 23.8 Å². The lowest BCUT2D eigenvalue weighted by atomic mass is 9.99. The van der Waals surface area contributed by atoms with Crippen LogP contribution in [0.2, 0.25) is 5.02 Å². The summed E-state index contributed by atoms with van der Waals surface area (Å²) in [6, 6.07) is 9.95. The molecule has 28 heavy (non-hydrogen) atoms. The Morgan fingerprint density at radius 1 is 1.29 bits per heavy atom. The Balaban J connectivity index is 1.79. The summed E-state index contributed by atoms with van der Waals surface area (Å²) >= 11 is 5.97. The van der Waals surface area contributed by atoms with E-state index in [4.69, 9.17) is 16.3 Å². The molecule has 1 N–H and O–H groups in total. The first-order valence-corrected chi connectivity index (χ1v) is 10.5. The first-order chi connectivity index (χ1) is 13.3. The fourth-order valence-electron chi connectivity index (χ4n) is 3.18. The van der Waals surface area contributed by atoms with Crippen LogP contribution in [-0.2, 0) is 14.8 Å². The first-order valence-electron chi connectivity index (χ1n) is 8.71. The maximum Gasteiger partial charge on any atom is 0.246 e. The summed E-state index contributed by atoms with van der Waals surface area (Å²) in [5, 5.41) is 2.92. The Hall–Kier alpha value is -2.16. The molecule has 1 saturated heterocycles. The van der Waals surface area contributed by atoms with Crippen molar-refractivity contribution in [1.82, 2.24) is 4.31 Å². The minimum absolute atomic E-state index is 0.0269. The number of hydrogen-bond acceptors (Lipinski definition) is 4. The van der Waals surface area contributed by atoms with Crippen LogP contribution >= 0.6 is 11.6 Å². The predicted octanol–water partition coefficient (Wildman–Crippen LogP) is 3.53. The van der Waals surface area contributed by atoms with Crippen LogP contribution in [0.25, 0.3) is 0 Å². The molecule has 1 amide bonds. The normalized spacial score (nSPS) is 17.9. The lowest BCUT2D eigenvalue weighted by Gasteiger charge is -2.31. The number of ether oxygens (including phenoxy) is 1. The van der Waals surface area contributed by atoms with Gasteiger partial charge in [-0.15, -0.1) is 0 Å². The molecule has 0 spiro atoms. The molecule has 1 heterocycles. The average molecular weight is 427 g/mol. The fraction of sp³-hybridized carbons (Fsp3) is 0.316. The minimum Gasteiger partial charge on any atom is -0.495 e. The number of carbonyl (C=O) groups is 1. The molecule has 0 radical (unpaired) electrons. The highest BCUT2D eigenvalue weighted by molar-refractivity contribution is 7.89. The molecule has 9 heteroatoms. The van der Waals surface area contributed by atoms with E-state index in [1.54, 1.807) is 12.1 Å². The third-order valence-corrected chi connectivity index (χ3v) is 6.71. The molecular formula is C19H20ClFN2O4S. The quantitative estimate of drug-likeness (QED) is 0.793. The van der Waals surface area contributed by atoms with Gasteiger partial charge in [-0.1, -0.05) is 17.7 Å². The Labute approximate surface area is 168 Å². The number of amides is 1. The molecule has 2 aromatic rings. The fourth-order valence-corrected chi connectivity index (χ4v) is 5.12. The van der Waals surface area contributed by atoms with Crippen LogP contribution in [0.4, 0.5) is 10.1 Å². The van der Waals surface area contributed by atoms with Crippen LogP contribution in [0.3, 0.4) is 0 Å². The first kappa shape index (κ1) is 20.6. The molecule has 0 aliphatic carbocycles. The van der Waals surface area contributed by atoms with Crippen molar-refractivity contribution >= 4 is 33.2 Å². The van der Waals surface area contributed by atoms with Gasteiger partial charge < -0.3 is 10.1 Å². The van der Waals surface area contributed by atoms with Crippen LogP contribution in [0.5, 0.6) is 5.75 Å². The van der Waals surface area contributed by atoms with E-state index in [1.807, 2.05) is 0 Å². The van der Waals surface area contributed by atoms with E-state index >= 15 is 0 Å². The number of methoxy groups -OCH3 is 1. The number of hydrogen-bond donors (Lipinski definition) is 1. The van der Waals surface area contributed by atoms with Crippen molar-refractivity contribution in [2.75, 3.05) is 25.5 Å². The van der Waals surface area contributed by atoms with Crippen molar-refractivity contribution in [3.8, 4) is 5.75 Å². The summed E-state index contributed by atoms with van der Waals surface area (Å²) in [5.74, 6) is -1.16. The third-order valence-electron chi connectivity index (χ3n) is 4.59. The highest BCUT2D eigenvalue weighted by Gasteiger charge is 2.35. The summed E-state index contributed by atoms with van der Waals surface area (Å²) in [6.45, 7) is 0.320. The molecule has 6 nitrogen and oxygen atoms in total. The van der Waals surface area contributed by atoms with Crippen molar-refractivity contribution in [1.29, 1.82) is 0 Å². The van der Waals surface area contributed by atoms with Crippen molar-refractivity contribution in [3.63, 3.8) is 0 Å². The van der Waals surface area contributed by atoms with Gasteiger partial charge in [0.05, 0.1) is 13.0 Å². The molecule has 1 aliphatic rings. The molecule has 1 fully saturated rings. The highest BCUT2D eigenvalue weighted by atomic mass is 35.5. The lowest BCUT2D eigenvalue weighted by Crippen LogP contribution is -2.43. The van der Waals surface area contributed by atoms with E-state index in [-0.39, 0.29) is 28.1 Å². The molecule has 0 bridgehead atoms. The third kappa shape index (κ3) is 4.45. The second kappa shape index (κ2) is 8.46. The zero-order valence-electron chi connectivity index (χ0n) is 15.2.